The molecule has 3 fully saturated rings. The van der Waals surface area contributed by atoms with Crippen molar-refractivity contribution in [2.45, 2.75) is 55.5 Å². The summed E-state index contributed by atoms with van der Waals surface area (Å²) in [5.74, 6) is 0.134. The highest BCUT2D eigenvalue weighted by Gasteiger charge is 2.48. The molecule has 2 saturated heterocycles. The summed E-state index contributed by atoms with van der Waals surface area (Å²) in [5, 5.41) is -0.183. The van der Waals surface area contributed by atoms with Gasteiger partial charge in [-0.05, 0) is 25.7 Å². The van der Waals surface area contributed by atoms with Gasteiger partial charge in [0.2, 0.25) is 15.9 Å². The molecule has 1 spiro atoms. The topological polar surface area (TPSA) is 84.9 Å². The molecule has 1 aliphatic carbocycles. The smallest absolute Gasteiger partial charge is 0.224 e. The standard InChI is InChI=1S/C15H26N2O5S/c1-21-9-4-14(18)17-7-5-15(6-8-17)10-12(22-15)11-16-23(19,20)13-2-3-13/h12-13,16H,2-11H2,1H3. The van der Waals surface area contributed by atoms with Crippen LogP contribution in [0.2, 0.25) is 0 Å². The van der Waals surface area contributed by atoms with Crippen molar-refractivity contribution in [1.29, 1.82) is 0 Å². The summed E-state index contributed by atoms with van der Waals surface area (Å²) in [6.07, 6.45) is 4.49. The van der Waals surface area contributed by atoms with Gasteiger partial charge < -0.3 is 14.4 Å². The van der Waals surface area contributed by atoms with E-state index in [2.05, 4.69) is 4.72 Å². The number of rotatable bonds is 7. The molecule has 1 saturated carbocycles. The lowest BCUT2D eigenvalue weighted by atomic mass is 9.80. The lowest BCUT2D eigenvalue weighted by molar-refractivity contribution is -0.221. The zero-order chi connectivity index (χ0) is 16.5. The molecule has 0 radical (unpaired) electrons. The van der Waals surface area contributed by atoms with Crippen molar-refractivity contribution in [1.82, 2.24) is 9.62 Å². The zero-order valence-electron chi connectivity index (χ0n) is 13.6. The molecule has 132 valence electrons. The van der Waals surface area contributed by atoms with Crippen LogP contribution in [0.15, 0.2) is 0 Å². The van der Waals surface area contributed by atoms with Crippen molar-refractivity contribution in [3.05, 3.63) is 0 Å². The summed E-state index contributed by atoms with van der Waals surface area (Å²) < 4.78 is 37.2. The minimum Gasteiger partial charge on any atom is -0.384 e. The average Bonchev–Trinajstić information content (AvgIpc) is 3.34. The molecule has 3 rings (SSSR count). The molecule has 1 amide bonds. The van der Waals surface area contributed by atoms with E-state index in [1.807, 2.05) is 4.90 Å². The third-order valence-electron chi connectivity index (χ3n) is 5.04. The molecule has 2 aliphatic heterocycles. The number of methoxy groups -OCH3 is 1. The molecule has 3 aliphatic rings. The summed E-state index contributed by atoms with van der Waals surface area (Å²) in [4.78, 5) is 13.8. The Morgan fingerprint density at radius 2 is 2.00 bits per heavy atom. The maximum atomic E-state index is 11.9. The fraction of sp³-hybridized carbons (Fsp3) is 0.933. The highest BCUT2D eigenvalue weighted by atomic mass is 32.2. The molecule has 1 unspecified atom stereocenters. The van der Waals surface area contributed by atoms with Gasteiger partial charge in [-0.1, -0.05) is 0 Å². The Morgan fingerprint density at radius 3 is 2.57 bits per heavy atom. The quantitative estimate of drug-likeness (QED) is 0.714. The van der Waals surface area contributed by atoms with Crippen LogP contribution in [0, 0.1) is 0 Å². The Balaban J connectivity index is 1.37. The van der Waals surface area contributed by atoms with Gasteiger partial charge in [0.1, 0.15) is 0 Å². The minimum atomic E-state index is -3.12. The predicted molar refractivity (Wildman–Crippen MR) is 84.5 cm³/mol. The van der Waals surface area contributed by atoms with Gasteiger partial charge >= 0.3 is 0 Å². The van der Waals surface area contributed by atoms with E-state index in [-0.39, 0.29) is 22.9 Å². The SMILES string of the molecule is COCCC(=O)N1CCC2(CC1)CC(CNS(=O)(=O)C1CC1)O2. The summed E-state index contributed by atoms with van der Waals surface area (Å²) in [6, 6.07) is 0. The van der Waals surface area contributed by atoms with E-state index in [4.69, 9.17) is 9.47 Å². The Morgan fingerprint density at radius 1 is 1.35 bits per heavy atom. The summed E-state index contributed by atoms with van der Waals surface area (Å²) in [5.41, 5.74) is -0.145. The molecular weight excluding hydrogens is 320 g/mol. The normalized spacial score (nSPS) is 27.0. The van der Waals surface area contributed by atoms with E-state index < -0.39 is 10.0 Å². The number of nitrogens with zero attached hydrogens (tertiary/aromatic N) is 1. The van der Waals surface area contributed by atoms with Crippen LogP contribution in [0.3, 0.4) is 0 Å². The zero-order valence-corrected chi connectivity index (χ0v) is 14.4. The number of nitrogens with one attached hydrogen (secondary N) is 1. The molecular formula is C15H26N2O5S. The Bertz CT molecular complexity index is 530. The van der Waals surface area contributed by atoms with E-state index >= 15 is 0 Å². The molecule has 0 aromatic heterocycles. The number of likely N-dealkylation sites (tertiary alicyclic amines) is 1. The lowest BCUT2D eigenvalue weighted by Crippen LogP contribution is -2.59. The fourth-order valence-electron chi connectivity index (χ4n) is 3.41. The van der Waals surface area contributed by atoms with Gasteiger partial charge in [-0.3, -0.25) is 4.79 Å². The van der Waals surface area contributed by atoms with Crippen LogP contribution in [0.1, 0.15) is 38.5 Å². The van der Waals surface area contributed by atoms with E-state index in [0.717, 1.165) is 32.1 Å². The molecule has 23 heavy (non-hydrogen) atoms. The highest BCUT2D eigenvalue weighted by molar-refractivity contribution is 7.90. The van der Waals surface area contributed by atoms with Crippen molar-refractivity contribution in [3.8, 4) is 0 Å². The van der Waals surface area contributed by atoms with E-state index in [9.17, 15) is 13.2 Å². The van der Waals surface area contributed by atoms with Gasteiger partial charge in [-0.25, -0.2) is 13.1 Å². The summed E-state index contributed by atoms with van der Waals surface area (Å²) in [6.45, 7) is 2.25. The van der Waals surface area contributed by atoms with Gasteiger partial charge in [-0.2, -0.15) is 0 Å². The number of ether oxygens (including phenoxy) is 2. The third kappa shape index (κ3) is 4.04. The van der Waals surface area contributed by atoms with Crippen LogP contribution in [-0.4, -0.2) is 69.5 Å². The molecule has 8 heteroatoms. The van der Waals surface area contributed by atoms with Crippen LogP contribution < -0.4 is 4.72 Å². The second kappa shape index (κ2) is 6.66. The van der Waals surface area contributed by atoms with Crippen molar-refractivity contribution in [3.63, 3.8) is 0 Å². The Hall–Kier alpha value is -0.700. The summed E-state index contributed by atoms with van der Waals surface area (Å²) in [7, 11) is -1.53. The number of carbonyl (C=O) groups is 1. The average molecular weight is 346 g/mol. The van der Waals surface area contributed by atoms with Gasteiger partial charge in [0.05, 0.1) is 30.0 Å². The second-order valence-electron chi connectivity index (χ2n) is 6.84. The predicted octanol–water partition coefficient (Wildman–Crippen LogP) is 0.255. The third-order valence-corrected chi connectivity index (χ3v) is 6.96. The van der Waals surface area contributed by atoms with E-state index in [0.29, 0.717) is 32.7 Å². The van der Waals surface area contributed by atoms with E-state index in [1.54, 1.807) is 7.11 Å². The maximum absolute atomic E-state index is 11.9. The van der Waals surface area contributed by atoms with E-state index in [1.165, 1.54) is 0 Å². The first-order valence-electron chi connectivity index (χ1n) is 8.37. The number of sulfonamides is 1. The monoisotopic (exact) mass is 346 g/mol. The first-order chi connectivity index (χ1) is 10.9. The Kier molecular flexibility index (Phi) is 4.96. The first kappa shape index (κ1) is 17.1. The number of hydrogen-bond acceptors (Lipinski definition) is 5. The molecule has 7 nitrogen and oxygen atoms in total. The van der Waals surface area contributed by atoms with Gasteiger partial charge in [0.25, 0.3) is 0 Å². The van der Waals surface area contributed by atoms with Gasteiger partial charge in [0, 0.05) is 33.2 Å². The molecule has 1 N–H and O–H groups in total. The van der Waals surface area contributed by atoms with Crippen molar-refractivity contribution < 1.29 is 22.7 Å². The highest BCUT2D eigenvalue weighted by Crippen LogP contribution is 2.41. The van der Waals surface area contributed by atoms with Crippen LogP contribution in [0.5, 0.6) is 0 Å². The lowest BCUT2D eigenvalue weighted by Gasteiger charge is -2.52. The van der Waals surface area contributed by atoms with Crippen molar-refractivity contribution in [2.24, 2.45) is 0 Å². The molecule has 0 bridgehead atoms. The first-order valence-corrected chi connectivity index (χ1v) is 9.92. The maximum Gasteiger partial charge on any atom is 0.224 e. The number of carbonyl (C=O) groups excluding carboxylic acids is 1. The fourth-order valence-corrected chi connectivity index (χ4v) is 4.82. The molecule has 0 aromatic carbocycles. The number of hydrogen-bond donors (Lipinski definition) is 1. The number of amides is 1. The number of piperidine rings is 1. The van der Waals surface area contributed by atoms with Crippen molar-refractivity contribution in [2.75, 3.05) is 33.4 Å². The van der Waals surface area contributed by atoms with Gasteiger partial charge in [0.15, 0.2) is 0 Å². The second-order valence-corrected chi connectivity index (χ2v) is 8.89. The summed E-state index contributed by atoms with van der Waals surface area (Å²) >= 11 is 0. The van der Waals surface area contributed by atoms with Crippen LogP contribution in [0.4, 0.5) is 0 Å². The Labute approximate surface area is 137 Å². The van der Waals surface area contributed by atoms with Crippen LogP contribution in [-0.2, 0) is 24.3 Å². The van der Waals surface area contributed by atoms with Crippen molar-refractivity contribution >= 4 is 15.9 Å². The minimum absolute atomic E-state index is 0.0285. The van der Waals surface area contributed by atoms with Gasteiger partial charge in [-0.15, -0.1) is 0 Å². The molecule has 1 atom stereocenters. The molecule has 2 heterocycles. The van der Waals surface area contributed by atoms with Crippen LogP contribution >= 0.6 is 0 Å². The van der Waals surface area contributed by atoms with Crippen LogP contribution in [0.25, 0.3) is 0 Å². The largest absolute Gasteiger partial charge is 0.384 e. The molecule has 0 aromatic rings.